The summed E-state index contributed by atoms with van der Waals surface area (Å²) in [6, 6.07) is 0.124. The molecule has 4 heteroatoms. The molecule has 3 N–H and O–H groups in total. The Bertz CT molecular complexity index is 310. The second-order valence-electron chi connectivity index (χ2n) is 6.69. The number of carbonyl (C=O) groups is 1. The Kier molecular flexibility index (Phi) is 6.97. The van der Waals surface area contributed by atoms with Crippen molar-refractivity contribution in [2.75, 3.05) is 6.54 Å². The number of amides is 1. The molecule has 0 saturated heterocycles. The molecule has 21 heavy (non-hydrogen) atoms. The maximum Gasteiger partial charge on any atom is 0.249 e. The van der Waals surface area contributed by atoms with Gasteiger partial charge in [-0.05, 0) is 38.0 Å². The highest BCUT2D eigenvalue weighted by atomic mass is 16.5. The van der Waals surface area contributed by atoms with E-state index in [1.54, 1.807) is 0 Å². The normalized spacial score (nSPS) is 23.9. The van der Waals surface area contributed by atoms with Crippen molar-refractivity contribution in [1.82, 2.24) is 5.32 Å². The minimum atomic E-state index is -0.300. The van der Waals surface area contributed by atoms with Crippen LogP contribution in [0.5, 0.6) is 0 Å². The number of hydrogen-bond acceptors (Lipinski definition) is 3. The van der Waals surface area contributed by atoms with Crippen LogP contribution >= 0.6 is 0 Å². The van der Waals surface area contributed by atoms with Crippen molar-refractivity contribution >= 4 is 5.91 Å². The fourth-order valence-corrected chi connectivity index (χ4v) is 3.78. The lowest BCUT2D eigenvalue weighted by Crippen LogP contribution is -2.50. The van der Waals surface area contributed by atoms with E-state index >= 15 is 0 Å². The number of nitrogens with two attached hydrogens (primary N) is 1. The first kappa shape index (κ1) is 16.8. The molecule has 0 spiro atoms. The molecule has 4 nitrogen and oxygen atoms in total. The molecule has 0 bridgehead atoms. The summed E-state index contributed by atoms with van der Waals surface area (Å²) in [6.07, 6.45) is 11.7. The van der Waals surface area contributed by atoms with E-state index in [1.165, 1.54) is 44.9 Å². The Morgan fingerprint density at radius 3 is 2.33 bits per heavy atom. The number of ether oxygens (including phenoxy) is 1. The minimum Gasteiger partial charge on any atom is -0.365 e. The molecule has 0 radical (unpaired) electrons. The van der Waals surface area contributed by atoms with Crippen LogP contribution in [0.15, 0.2) is 0 Å². The highest BCUT2D eigenvalue weighted by molar-refractivity contribution is 5.81. The van der Waals surface area contributed by atoms with Gasteiger partial charge in [0.2, 0.25) is 5.91 Å². The molecule has 2 aliphatic carbocycles. The molecule has 122 valence electrons. The lowest BCUT2D eigenvalue weighted by Gasteiger charge is -2.31. The van der Waals surface area contributed by atoms with Crippen LogP contribution in [0.4, 0.5) is 0 Å². The zero-order valence-corrected chi connectivity index (χ0v) is 13.5. The summed E-state index contributed by atoms with van der Waals surface area (Å²) in [5.74, 6) is 0.599. The van der Waals surface area contributed by atoms with Gasteiger partial charge in [0.1, 0.15) is 6.10 Å². The van der Waals surface area contributed by atoms with Crippen LogP contribution in [0.25, 0.3) is 0 Å². The van der Waals surface area contributed by atoms with Gasteiger partial charge in [-0.3, -0.25) is 4.79 Å². The highest BCUT2D eigenvalue weighted by Crippen LogP contribution is 2.27. The standard InChI is InChI=1S/C17H32N2O2/c1-2-16(21-14-10-6-7-11-14)17(20)19-15(12-18)13-8-4-3-5-9-13/h13-16H,2-12,18H2,1H3,(H,19,20). The van der Waals surface area contributed by atoms with Gasteiger partial charge in [-0.1, -0.05) is 39.0 Å². The smallest absolute Gasteiger partial charge is 0.249 e. The van der Waals surface area contributed by atoms with Crippen LogP contribution in [0.1, 0.15) is 71.1 Å². The fraction of sp³-hybridized carbons (Fsp3) is 0.941. The monoisotopic (exact) mass is 296 g/mol. The molecule has 2 atom stereocenters. The molecule has 0 aromatic rings. The molecule has 0 heterocycles. The largest absolute Gasteiger partial charge is 0.365 e. The van der Waals surface area contributed by atoms with Gasteiger partial charge in [0.05, 0.1) is 6.10 Å². The molecule has 2 unspecified atom stereocenters. The van der Waals surface area contributed by atoms with Crippen LogP contribution in [0.2, 0.25) is 0 Å². The summed E-state index contributed by atoms with van der Waals surface area (Å²) in [4.78, 5) is 12.5. The first-order valence-corrected chi connectivity index (χ1v) is 8.90. The van der Waals surface area contributed by atoms with Gasteiger partial charge in [-0.2, -0.15) is 0 Å². The van der Waals surface area contributed by atoms with Gasteiger partial charge in [0.25, 0.3) is 0 Å². The van der Waals surface area contributed by atoms with Gasteiger partial charge in [0, 0.05) is 12.6 Å². The van der Waals surface area contributed by atoms with E-state index in [4.69, 9.17) is 10.5 Å². The van der Waals surface area contributed by atoms with Crippen molar-refractivity contribution < 1.29 is 9.53 Å². The SMILES string of the molecule is CCC(OC1CCCC1)C(=O)NC(CN)C1CCCCC1. The van der Waals surface area contributed by atoms with Crippen molar-refractivity contribution in [2.24, 2.45) is 11.7 Å². The number of nitrogens with one attached hydrogen (secondary N) is 1. The van der Waals surface area contributed by atoms with Crippen molar-refractivity contribution in [2.45, 2.75) is 89.4 Å². The van der Waals surface area contributed by atoms with Crippen LogP contribution in [0.3, 0.4) is 0 Å². The average Bonchev–Trinajstić information content (AvgIpc) is 3.04. The molecule has 2 fully saturated rings. The molecular formula is C17H32N2O2. The Balaban J connectivity index is 1.83. The molecular weight excluding hydrogens is 264 g/mol. The van der Waals surface area contributed by atoms with E-state index in [9.17, 15) is 4.79 Å². The number of carbonyl (C=O) groups excluding carboxylic acids is 1. The van der Waals surface area contributed by atoms with Crippen molar-refractivity contribution in [3.8, 4) is 0 Å². The Hall–Kier alpha value is -0.610. The van der Waals surface area contributed by atoms with Gasteiger partial charge in [-0.25, -0.2) is 0 Å². The third kappa shape index (κ3) is 4.96. The summed E-state index contributed by atoms with van der Waals surface area (Å²) in [7, 11) is 0. The van der Waals surface area contributed by atoms with Crippen LogP contribution in [0, 0.1) is 5.92 Å². The van der Waals surface area contributed by atoms with Crippen molar-refractivity contribution in [3.63, 3.8) is 0 Å². The summed E-state index contributed by atoms with van der Waals surface area (Å²) in [5.41, 5.74) is 5.90. The maximum atomic E-state index is 12.5. The molecule has 1 amide bonds. The van der Waals surface area contributed by atoms with E-state index in [1.807, 2.05) is 6.92 Å². The van der Waals surface area contributed by atoms with Gasteiger partial charge in [0.15, 0.2) is 0 Å². The Morgan fingerprint density at radius 1 is 1.14 bits per heavy atom. The third-order valence-electron chi connectivity index (χ3n) is 5.12. The summed E-state index contributed by atoms with van der Waals surface area (Å²) >= 11 is 0. The van der Waals surface area contributed by atoms with Gasteiger partial charge >= 0.3 is 0 Å². The van der Waals surface area contributed by atoms with Crippen LogP contribution in [-0.4, -0.2) is 30.7 Å². The lowest BCUT2D eigenvalue weighted by molar-refractivity contribution is -0.138. The summed E-state index contributed by atoms with van der Waals surface area (Å²) in [6.45, 7) is 2.56. The minimum absolute atomic E-state index is 0.0467. The quantitative estimate of drug-likeness (QED) is 0.759. The first-order valence-electron chi connectivity index (χ1n) is 8.90. The number of rotatable bonds is 7. The second kappa shape index (κ2) is 8.74. The molecule has 2 saturated carbocycles. The van der Waals surface area contributed by atoms with Gasteiger partial charge < -0.3 is 15.8 Å². The van der Waals surface area contributed by atoms with E-state index in [0.29, 0.717) is 12.5 Å². The molecule has 0 aliphatic heterocycles. The molecule has 2 rings (SSSR count). The van der Waals surface area contributed by atoms with Crippen molar-refractivity contribution in [3.05, 3.63) is 0 Å². The van der Waals surface area contributed by atoms with Gasteiger partial charge in [-0.15, -0.1) is 0 Å². The van der Waals surface area contributed by atoms with E-state index < -0.39 is 0 Å². The van der Waals surface area contributed by atoms with E-state index in [-0.39, 0.29) is 24.2 Å². The zero-order valence-electron chi connectivity index (χ0n) is 13.5. The highest BCUT2D eigenvalue weighted by Gasteiger charge is 2.28. The molecule has 0 aromatic heterocycles. The topological polar surface area (TPSA) is 64.3 Å². The first-order chi connectivity index (χ1) is 10.2. The second-order valence-corrected chi connectivity index (χ2v) is 6.69. The third-order valence-corrected chi connectivity index (χ3v) is 5.12. The summed E-state index contributed by atoms with van der Waals surface area (Å²) < 4.78 is 6.00. The molecule has 2 aliphatic rings. The van der Waals surface area contributed by atoms with Crippen LogP contribution < -0.4 is 11.1 Å². The fourth-order valence-electron chi connectivity index (χ4n) is 3.78. The number of hydrogen-bond donors (Lipinski definition) is 2. The van der Waals surface area contributed by atoms with E-state index in [2.05, 4.69) is 5.32 Å². The predicted molar refractivity (Wildman–Crippen MR) is 85.0 cm³/mol. The maximum absolute atomic E-state index is 12.5. The predicted octanol–water partition coefficient (Wildman–Crippen LogP) is 2.75. The Labute approximate surface area is 129 Å². The summed E-state index contributed by atoms with van der Waals surface area (Å²) in [5, 5.41) is 3.17. The van der Waals surface area contributed by atoms with Crippen molar-refractivity contribution in [1.29, 1.82) is 0 Å². The van der Waals surface area contributed by atoms with E-state index in [0.717, 1.165) is 19.3 Å². The Morgan fingerprint density at radius 2 is 1.76 bits per heavy atom. The zero-order chi connectivity index (χ0) is 15.1. The lowest BCUT2D eigenvalue weighted by atomic mass is 9.84. The van der Waals surface area contributed by atoms with Crippen LogP contribution in [-0.2, 0) is 9.53 Å². The average molecular weight is 296 g/mol. The molecule has 0 aromatic carbocycles.